The molecule has 1 aromatic heterocycles. The fourth-order valence-electron chi connectivity index (χ4n) is 2.50. The van der Waals surface area contributed by atoms with E-state index >= 15 is 0 Å². The van der Waals surface area contributed by atoms with Gasteiger partial charge in [0.1, 0.15) is 12.2 Å². The van der Waals surface area contributed by atoms with Gasteiger partial charge in [0.25, 0.3) is 5.56 Å². The summed E-state index contributed by atoms with van der Waals surface area (Å²) in [6.07, 6.45) is -1.02. The van der Waals surface area contributed by atoms with Crippen molar-refractivity contribution >= 4 is 12.2 Å². The van der Waals surface area contributed by atoms with Gasteiger partial charge in [-0.2, -0.15) is 0 Å². The van der Waals surface area contributed by atoms with E-state index in [9.17, 15) is 20.1 Å². The molecule has 4 atom stereocenters. The highest BCUT2D eigenvalue weighted by Gasteiger charge is 2.63. The minimum absolute atomic E-state index is 0.0273. The fraction of sp³-hybridized carbons (Fsp3) is 0.636. The van der Waals surface area contributed by atoms with Gasteiger partial charge in [-0.25, -0.2) is 0 Å². The molecule has 0 radical (unpaired) electrons. The van der Waals surface area contributed by atoms with Gasteiger partial charge in [0.2, 0.25) is 0 Å². The second-order valence-electron chi connectivity index (χ2n) is 4.76. The largest absolute Gasteiger partial charge is 0.394 e. The van der Waals surface area contributed by atoms with Crippen molar-refractivity contribution in [3.8, 4) is 0 Å². The number of rotatable bonds is 3. The highest BCUT2D eigenvalue weighted by atomic mass is 32.1. The molecule has 2 heterocycles. The van der Waals surface area contributed by atoms with E-state index in [1.54, 1.807) is 0 Å². The van der Waals surface area contributed by atoms with E-state index in [1.807, 2.05) is 0 Å². The molecular formula is C11H17N3O5S. The Hall–Kier alpha value is -1.10. The predicted molar refractivity (Wildman–Crippen MR) is 71.5 cm³/mol. The molecule has 1 saturated heterocycles. The molecule has 1 aliphatic rings. The number of hydrogen-bond donors (Lipinski definition) is 5. The summed E-state index contributed by atoms with van der Waals surface area (Å²) in [6, 6.07) is 1.22. The summed E-state index contributed by atoms with van der Waals surface area (Å²) in [5, 5.41) is 32.6. The summed E-state index contributed by atoms with van der Waals surface area (Å²) in [7, 11) is 1.44. The number of nitrogens with one attached hydrogen (secondary N) is 2. The molecule has 2 rings (SSSR count). The van der Waals surface area contributed by atoms with Gasteiger partial charge in [-0.1, -0.05) is 0 Å². The van der Waals surface area contributed by atoms with Crippen LogP contribution in [0.1, 0.15) is 6.92 Å². The number of aromatic amines is 1. The number of ether oxygens (including phenoxy) is 1. The van der Waals surface area contributed by atoms with E-state index in [0.717, 1.165) is 0 Å². The lowest BCUT2D eigenvalue weighted by Gasteiger charge is -2.40. The average Bonchev–Trinajstić information content (AvgIpc) is 2.61. The van der Waals surface area contributed by atoms with Gasteiger partial charge >= 0.3 is 0 Å². The van der Waals surface area contributed by atoms with Gasteiger partial charge in [-0.3, -0.25) is 19.7 Å². The highest BCUT2D eigenvalue weighted by Crippen LogP contribution is 2.41. The van der Waals surface area contributed by atoms with E-state index in [0.29, 0.717) is 0 Å². The van der Waals surface area contributed by atoms with Gasteiger partial charge in [0, 0.05) is 12.3 Å². The Morgan fingerprint density at radius 2 is 2.30 bits per heavy atom. The van der Waals surface area contributed by atoms with E-state index < -0.39 is 30.3 Å². The Morgan fingerprint density at radius 3 is 2.80 bits per heavy atom. The lowest BCUT2D eigenvalue weighted by molar-refractivity contribution is -0.198. The van der Waals surface area contributed by atoms with Gasteiger partial charge < -0.3 is 20.1 Å². The second-order valence-corrected chi connectivity index (χ2v) is 5.15. The standard InChI is InChI=1S/C11H17N3O5S/c1-10(14-4-3-7(16)13-9(14)20)11(18,12-2)8(17)6(5-15)19-10/h3-4,6,8,12,15,17-18H,5H2,1-2H3,(H,13,16,20)/t6-,8-,10-,11-/m1/s1. The SMILES string of the molecule is CN[C@@]1(O)[C@H](O)[C@@H](CO)O[C@@]1(C)n1ccc(=O)[nH]c1=S. The number of nitrogens with zero attached hydrogens (tertiary/aromatic N) is 1. The lowest BCUT2D eigenvalue weighted by atomic mass is 9.95. The Kier molecular flexibility index (Phi) is 3.84. The van der Waals surface area contributed by atoms with Crippen LogP contribution in [0.5, 0.6) is 0 Å². The molecule has 1 aliphatic heterocycles. The van der Waals surface area contributed by atoms with E-state index in [-0.39, 0.29) is 10.3 Å². The van der Waals surface area contributed by atoms with Crippen molar-refractivity contribution in [2.75, 3.05) is 13.7 Å². The molecule has 0 spiro atoms. The Balaban J connectivity index is 2.62. The smallest absolute Gasteiger partial charge is 0.251 e. The van der Waals surface area contributed by atoms with Crippen molar-refractivity contribution in [2.24, 2.45) is 0 Å². The first kappa shape index (κ1) is 15.3. The van der Waals surface area contributed by atoms with Crippen molar-refractivity contribution in [2.45, 2.75) is 30.6 Å². The normalized spacial score (nSPS) is 37.2. The molecule has 5 N–H and O–H groups in total. The lowest BCUT2D eigenvalue weighted by Crippen LogP contribution is -2.64. The first-order chi connectivity index (χ1) is 9.30. The first-order valence-electron chi connectivity index (χ1n) is 6.00. The number of H-pyrrole nitrogens is 1. The van der Waals surface area contributed by atoms with Crippen molar-refractivity contribution in [1.29, 1.82) is 0 Å². The zero-order valence-corrected chi connectivity index (χ0v) is 11.8. The van der Waals surface area contributed by atoms with Crippen LogP contribution in [-0.2, 0) is 10.5 Å². The maximum Gasteiger partial charge on any atom is 0.251 e. The molecular weight excluding hydrogens is 286 g/mol. The molecule has 9 heteroatoms. The molecule has 0 saturated carbocycles. The maximum absolute atomic E-state index is 11.2. The minimum atomic E-state index is -1.89. The van der Waals surface area contributed by atoms with Crippen LogP contribution in [0, 0.1) is 4.77 Å². The number of aliphatic hydroxyl groups is 3. The number of aliphatic hydroxyl groups excluding tert-OH is 2. The van der Waals surface area contributed by atoms with Crippen molar-refractivity contribution in [3.63, 3.8) is 0 Å². The maximum atomic E-state index is 11.2. The van der Waals surface area contributed by atoms with Crippen LogP contribution in [-0.4, -0.2) is 56.5 Å². The van der Waals surface area contributed by atoms with Crippen LogP contribution in [0.4, 0.5) is 0 Å². The third-order valence-corrected chi connectivity index (χ3v) is 4.01. The van der Waals surface area contributed by atoms with Crippen molar-refractivity contribution in [3.05, 3.63) is 27.4 Å². The topological polar surface area (TPSA) is 120 Å². The Morgan fingerprint density at radius 1 is 1.65 bits per heavy atom. The average molecular weight is 303 g/mol. The highest BCUT2D eigenvalue weighted by molar-refractivity contribution is 7.71. The van der Waals surface area contributed by atoms with E-state index in [2.05, 4.69) is 10.3 Å². The molecule has 0 amide bonds. The number of hydrogen-bond acceptors (Lipinski definition) is 7. The molecule has 0 unspecified atom stereocenters. The van der Waals surface area contributed by atoms with Crippen LogP contribution in [0.2, 0.25) is 0 Å². The summed E-state index contributed by atoms with van der Waals surface area (Å²) in [4.78, 5) is 13.6. The van der Waals surface area contributed by atoms with Gasteiger partial charge in [-0.05, 0) is 26.2 Å². The molecule has 1 aromatic rings. The fourth-order valence-corrected chi connectivity index (χ4v) is 2.84. The van der Waals surface area contributed by atoms with Gasteiger partial charge in [0.15, 0.2) is 16.2 Å². The summed E-state index contributed by atoms with van der Waals surface area (Å²) >= 11 is 5.06. The summed E-state index contributed by atoms with van der Waals surface area (Å²) < 4.78 is 6.93. The van der Waals surface area contributed by atoms with Crippen LogP contribution in [0.3, 0.4) is 0 Å². The van der Waals surface area contributed by atoms with Crippen LogP contribution < -0.4 is 10.9 Å². The van der Waals surface area contributed by atoms with Crippen LogP contribution in [0.15, 0.2) is 17.1 Å². The van der Waals surface area contributed by atoms with Crippen molar-refractivity contribution in [1.82, 2.24) is 14.9 Å². The zero-order chi connectivity index (χ0) is 15.1. The number of aromatic nitrogens is 2. The minimum Gasteiger partial charge on any atom is -0.394 e. The molecule has 20 heavy (non-hydrogen) atoms. The molecule has 1 fully saturated rings. The molecule has 0 aromatic carbocycles. The summed E-state index contributed by atoms with van der Waals surface area (Å²) in [5.74, 6) is 0. The monoisotopic (exact) mass is 303 g/mol. The molecule has 112 valence electrons. The quantitative estimate of drug-likeness (QED) is 0.331. The predicted octanol–water partition coefficient (Wildman–Crippen LogP) is -1.76. The van der Waals surface area contributed by atoms with E-state index in [1.165, 1.54) is 30.8 Å². The van der Waals surface area contributed by atoms with Gasteiger partial charge in [0.05, 0.1) is 6.61 Å². The number of likely N-dealkylation sites (N-methyl/N-ethyl adjacent to an activating group) is 1. The van der Waals surface area contributed by atoms with Gasteiger partial charge in [-0.15, -0.1) is 0 Å². The molecule has 0 bridgehead atoms. The third-order valence-electron chi connectivity index (χ3n) is 3.71. The Bertz CT molecular complexity index is 617. The van der Waals surface area contributed by atoms with Crippen molar-refractivity contribution < 1.29 is 20.1 Å². The summed E-state index contributed by atoms with van der Waals surface area (Å²) in [5.41, 5.74) is -3.78. The molecule has 8 nitrogen and oxygen atoms in total. The van der Waals surface area contributed by atoms with Crippen LogP contribution >= 0.6 is 12.2 Å². The second kappa shape index (κ2) is 5.02. The molecule has 0 aliphatic carbocycles. The Labute approximate surface area is 119 Å². The first-order valence-corrected chi connectivity index (χ1v) is 6.41. The summed E-state index contributed by atoms with van der Waals surface area (Å²) in [6.45, 7) is 1.02. The zero-order valence-electron chi connectivity index (χ0n) is 11.0. The van der Waals surface area contributed by atoms with E-state index in [4.69, 9.17) is 17.0 Å². The third kappa shape index (κ3) is 1.94. The van der Waals surface area contributed by atoms with Crippen LogP contribution in [0.25, 0.3) is 0 Å².